The van der Waals surface area contributed by atoms with Crippen molar-refractivity contribution in [3.05, 3.63) is 17.8 Å². The van der Waals surface area contributed by atoms with Crippen LogP contribution in [0.1, 0.15) is 6.92 Å². The van der Waals surface area contributed by atoms with E-state index in [0.717, 1.165) is 0 Å². The number of nitrogens with zero attached hydrogens (tertiary/aromatic N) is 4. The molecule has 0 saturated carbocycles. The van der Waals surface area contributed by atoms with Gasteiger partial charge in [0.15, 0.2) is 11.5 Å². The maximum atomic E-state index is 5.78. The van der Waals surface area contributed by atoms with Gasteiger partial charge in [-0.1, -0.05) is 11.6 Å². The highest BCUT2D eigenvalue weighted by Gasteiger charge is 2.08. The summed E-state index contributed by atoms with van der Waals surface area (Å²) in [5.41, 5.74) is 0.651. The van der Waals surface area contributed by atoms with Gasteiger partial charge in [0.1, 0.15) is 12.9 Å². The van der Waals surface area contributed by atoms with Gasteiger partial charge < -0.3 is 4.84 Å². The number of hydrogen-bond donors (Lipinski definition) is 0. The molecule has 0 spiro atoms. The quantitative estimate of drug-likeness (QED) is 0.691. The molecule has 0 aliphatic carbocycles. The molecule has 0 aliphatic rings. The summed E-state index contributed by atoms with van der Waals surface area (Å²) in [6.45, 7) is 2.45. The summed E-state index contributed by atoms with van der Waals surface area (Å²) in [6.07, 6.45) is 3.08. The summed E-state index contributed by atoms with van der Waals surface area (Å²) in [6, 6.07) is 0. The second kappa shape index (κ2) is 2.67. The molecule has 2 heterocycles. The zero-order valence-electron chi connectivity index (χ0n) is 6.44. The van der Waals surface area contributed by atoms with Crippen LogP contribution < -0.4 is 4.84 Å². The lowest BCUT2D eigenvalue weighted by molar-refractivity contribution is 0.130. The van der Waals surface area contributed by atoms with Crippen LogP contribution in [-0.2, 0) is 0 Å². The Hall–Kier alpha value is -1.23. The molecule has 0 amide bonds. The third-order valence-electron chi connectivity index (χ3n) is 1.44. The first kappa shape index (κ1) is 7.42. The first-order valence-corrected chi connectivity index (χ1v) is 3.90. The lowest BCUT2D eigenvalue weighted by Crippen LogP contribution is -2.09. The predicted octanol–water partition coefficient (Wildman–Crippen LogP) is 0.633. The Morgan fingerprint density at radius 3 is 3.17 bits per heavy atom. The zero-order valence-corrected chi connectivity index (χ0v) is 7.19. The van der Waals surface area contributed by atoms with E-state index >= 15 is 0 Å². The van der Waals surface area contributed by atoms with Crippen molar-refractivity contribution in [2.24, 2.45) is 0 Å². The molecule has 0 aromatic carbocycles. The minimum Gasteiger partial charge on any atom is -0.411 e. The van der Waals surface area contributed by atoms with E-state index in [1.54, 1.807) is 10.8 Å². The molecule has 5 nitrogen and oxygen atoms in total. The number of rotatable bonds is 2. The smallest absolute Gasteiger partial charge is 0.210 e. The van der Waals surface area contributed by atoms with Gasteiger partial charge in [-0.3, -0.25) is 0 Å². The van der Waals surface area contributed by atoms with Gasteiger partial charge in [0, 0.05) is 0 Å². The number of hydrogen-bond acceptors (Lipinski definition) is 3. The molecule has 0 fully saturated rings. The van der Waals surface area contributed by atoms with E-state index in [1.807, 2.05) is 6.92 Å². The zero-order chi connectivity index (χ0) is 8.55. The van der Waals surface area contributed by atoms with Crippen LogP contribution in [0, 0.1) is 0 Å². The fourth-order valence-electron chi connectivity index (χ4n) is 0.980. The molecule has 2 aromatic heterocycles. The fourth-order valence-corrected chi connectivity index (χ4v) is 1.19. The van der Waals surface area contributed by atoms with Crippen molar-refractivity contribution in [3.8, 4) is 0 Å². The van der Waals surface area contributed by atoms with E-state index in [0.29, 0.717) is 17.4 Å². The summed E-state index contributed by atoms with van der Waals surface area (Å²) in [7, 11) is 0. The summed E-state index contributed by atoms with van der Waals surface area (Å²) < 4.78 is 3.05. The maximum Gasteiger partial charge on any atom is 0.210 e. The highest BCUT2D eigenvalue weighted by molar-refractivity contribution is 6.32. The number of aromatic nitrogens is 4. The highest BCUT2D eigenvalue weighted by Crippen LogP contribution is 2.12. The van der Waals surface area contributed by atoms with Gasteiger partial charge in [-0.2, -0.15) is 9.61 Å². The van der Waals surface area contributed by atoms with Crippen LogP contribution in [0.4, 0.5) is 0 Å². The van der Waals surface area contributed by atoms with E-state index in [1.165, 1.54) is 11.1 Å². The van der Waals surface area contributed by atoms with Crippen molar-refractivity contribution in [2.45, 2.75) is 6.92 Å². The standard InChI is InChI=1S/C6H7ClN4O/c1-2-12-11-4-9-10-3-8-5(7)6(10)11/h3-4H,2H2,1H3. The van der Waals surface area contributed by atoms with Gasteiger partial charge >= 0.3 is 0 Å². The molecule has 0 atom stereocenters. The van der Waals surface area contributed by atoms with Crippen molar-refractivity contribution in [2.75, 3.05) is 6.61 Å². The van der Waals surface area contributed by atoms with E-state index in [4.69, 9.17) is 16.4 Å². The Labute approximate surface area is 73.5 Å². The normalized spacial score (nSPS) is 10.8. The van der Waals surface area contributed by atoms with E-state index in [9.17, 15) is 0 Å². The SMILES string of the molecule is CCOn1cnn2cnc(Cl)c12. The van der Waals surface area contributed by atoms with Gasteiger partial charge in [0.2, 0.25) is 5.65 Å². The van der Waals surface area contributed by atoms with Crippen molar-refractivity contribution >= 4 is 17.2 Å². The third-order valence-corrected chi connectivity index (χ3v) is 1.71. The van der Waals surface area contributed by atoms with E-state index in [2.05, 4.69) is 10.1 Å². The predicted molar refractivity (Wildman–Crippen MR) is 43.1 cm³/mol. The minimum absolute atomic E-state index is 0.390. The minimum atomic E-state index is 0.390. The average Bonchev–Trinajstić information content (AvgIpc) is 2.58. The Bertz CT molecular complexity index is 393. The van der Waals surface area contributed by atoms with Crippen LogP contribution in [0.25, 0.3) is 5.65 Å². The lowest BCUT2D eigenvalue weighted by Gasteiger charge is -2.00. The summed E-state index contributed by atoms with van der Waals surface area (Å²) >= 11 is 5.78. The van der Waals surface area contributed by atoms with Crippen LogP contribution >= 0.6 is 11.6 Å². The molecule has 12 heavy (non-hydrogen) atoms. The van der Waals surface area contributed by atoms with Crippen molar-refractivity contribution in [1.82, 2.24) is 19.3 Å². The van der Waals surface area contributed by atoms with Crippen molar-refractivity contribution < 1.29 is 4.84 Å². The number of imidazole rings is 1. The second-order valence-corrected chi connectivity index (χ2v) is 2.54. The average molecular weight is 187 g/mol. The molecule has 0 saturated heterocycles. The first-order chi connectivity index (χ1) is 5.83. The van der Waals surface area contributed by atoms with Crippen LogP contribution in [-0.4, -0.2) is 25.9 Å². The molecule has 2 aromatic rings. The van der Waals surface area contributed by atoms with Gasteiger partial charge in [-0.25, -0.2) is 4.98 Å². The fraction of sp³-hybridized carbons (Fsp3) is 0.333. The summed E-state index contributed by atoms with van der Waals surface area (Å²) in [4.78, 5) is 9.07. The Morgan fingerprint density at radius 2 is 2.42 bits per heavy atom. The maximum absolute atomic E-state index is 5.78. The molecule has 6 heteroatoms. The molecule has 0 radical (unpaired) electrons. The molecule has 0 bridgehead atoms. The Balaban J connectivity index is 2.59. The van der Waals surface area contributed by atoms with E-state index in [-0.39, 0.29) is 0 Å². The lowest BCUT2D eigenvalue weighted by atomic mass is 10.8. The third kappa shape index (κ3) is 0.937. The highest BCUT2D eigenvalue weighted by atomic mass is 35.5. The molecule has 64 valence electrons. The molecular weight excluding hydrogens is 180 g/mol. The molecular formula is C6H7ClN4O. The molecule has 0 unspecified atom stereocenters. The largest absolute Gasteiger partial charge is 0.411 e. The van der Waals surface area contributed by atoms with Crippen LogP contribution in [0.15, 0.2) is 12.7 Å². The van der Waals surface area contributed by atoms with Crippen molar-refractivity contribution in [3.63, 3.8) is 0 Å². The monoisotopic (exact) mass is 186 g/mol. The molecule has 2 rings (SSSR count). The van der Waals surface area contributed by atoms with E-state index < -0.39 is 0 Å². The number of fused-ring (bicyclic) bond motifs is 1. The summed E-state index contributed by atoms with van der Waals surface area (Å²) in [5, 5.41) is 4.36. The topological polar surface area (TPSA) is 44.4 Å². The van der Waals surface area contributed by atoms with Crippen LogP contribution in [0.2, 0.25) is 5.15 Å². The van der Waals surface area contributed by atoms with Crippen LogP contribution in [0.5, 0.6) is 0 Å². The molecule has 0 N–H and O–H groups in total. The Morgan fingerprint density at radius 1 is 1.58 bits per heavy atom. The van der Waals surface area contributed by atoms with Crippen LogP contribution in [0.3, 0.4) is 0 Å². The second-order valence-electron chi connectivity index (χ2n) is 2.18. The van der Waals surface area contributed by atoms with Gasteiger partial charge in [-0.05, 0) is 6.92 Å². The van der Waals surface area contributed by atoms with Gasteiger partial charge in [-0.15, -0.1) is 4.73 Å². The summed E-state index contributed by atoms with van der Waals surface area (Å²) in [5.74, 6) is 0. The Kier molecular flexibility index (Phi) is 1.65. The van der Waals surface area contributed by atoms with Crippen molar-refractivity contribution in [1.29, 1.82) is 0 Å². The van der Waals surface area contributed by atoms with Gasteiger partial charge in [0.05, 0.1) is 0 Å². The number of halogens is 1. The first-order valence-electron chi connectivity index (χ1n) is 3.52. The van der Waals surface area contributed by atoms with Gasteiger partial charge in [0.25, 0.3) is 0 Å². The molecule has 0 aliphatic heterocycles.